The first kappa shape index (κ1) is 17.2. The van der Waals surface area contributed by atoms with Gasteiger partial charge in [-0.3, -0.25) is 10.1 Å². The number of hydrogen-bond acceptors (Lipinski definition) is 7. The van der Waals surface area contributed by atoms with Gasteiger partial charge in [-0.25, -0.2) is 0 Å². The smallest absolute Gasteiger partial charge is 0.273 e. The van der Waals surface area contributed by atoms with Crippen LogP contribution in [0.3, 0.4) is 0 Å². The lowest BCUT2D eigenvalue weighted by Gasteiger charge is -2.00. The largest absolute Gasteiger partial charge is 0.508 e. The number of aliphatic hydroxyl groups is 2. The summed E-state index contributed by atoms with van der Waals surface area (Å²) >= 11 is 0. The molecule has 0 aliphatic heterocycles. The molecule has 0 fully saturated rings. The maximum atomic E-state index is 10.2. The van der Waals surface area contributed by atoms with Crippen LogP contribution in [0.4, 0.5) is 11.4 Å². The Hall–Kier alpha value is -2.84. The molecule has 0 aromatic heterocycles. The van der Waals surface area contributed by atoms with E-state index >= 15 is 0 Å². The van der Waals surface area contributed by atoms with Crippen molar-refractivity contribution in [2.75, 3.05) is 5.73 Å². The fraction of sp³-hybridized carbons (Fsp3) is 0.143. The average molecular weight is 308 g/mol. The summed E-state index contributed by atoms with van der Waals surface area (Å²) < 4.78 is 0. The van der Waals surface area contributed by atoms with Crippen LogP contribution in [-0.4, -0.2) is 25.3 Å². The SMILES string of the molecule is Nc1ccc(CO)c(O)c1.O=[N+]([O-])c1ccc(CO)c(O)c1. The zero-order valence-electron chi connectivity index (χ0n) is 11.5. The van der Waals surface area contributed by atoms with Crippen LogP contribution in [0.15, 0.2) is 36.4 Å². The summed E-state index contributed by atoms with van der Waals surface area (Å²) in [7, 11) is 0. The van der Waals surface area contributed by atoms with Crippen LogP contribution in [0.1, 0.15) is 11.1 Å². The normalized spacial score (nSPS) is 9.73. The van der Waals surface area contributed by atoms with Gasteiger partial charge in [-0.15, -0.1) is 0 Å². The molecule has 8 heteroatoms. The summed E-state index contributed by atoms with van der Waals surface area (Å²) in [5.41, 5.74) is 6.42. The van der Waals surface area contributed by atoms with Gasteiger partial charge in [0.15, 0.2) is 0 Å². The van der Waals surface area contributed by atoms with Gasteiger partial charge >= 0.3 is 0 Å². The zero-order chi connectivity index (χ0) is 16.7. The maximum absolute atomic E-state index is 10.2. The van der Waals surface area contributed by atoms with Gasteiger partial charge < -0.3 is 26.2 Å². The molecule has 22 heavy (non-hydrogen) atoms. The fourth-order valence-electron chi connectivity index (χ4n) is 1.51. The highest BCUT2D eigenvalue weighted by Gasteiger charge is 2.08. The second kappa shape index (κ2) is 7.81. The third-order valence-electron chi connectivity index (χ3n) is 2.73. The van der Waals surface area contributed by atoms with E-state index in [2.05, 4.69) is 0 Å². The Bertz CT molecular complexity index is 660. The minimum absolute atomic E-state index is 0.0440. The van der Waals surface area contributed by atoms with Crippen molar-refractivity contribution >= 4 is 11.4 Å². The molecule has 2 aromatic carbocycles. The lowest BCUT2D eigenvalue weighted by Crippen LogP contribution is -1.89. The molecule has 0 spiro atoms. The number of hydrogen-bond donors (Lipinski definition) is 5. The van der Waals surface area contributed by atoms with Gasteiger partial charge in [0.1, 0.15) is 11.5 Å². The van der Waals surface area contributed by atoms with Gasteiger partial charge in [-0.2, -0.15) is 0 Å². The highest BCUT2D eigenvalue weighted by molar-refractivity contribution is 5.47. The minimum Gasteiger partial charge on any atom is -0.508 e. The predicted molar refractivity (Wildman–Crippen MR) is 79.1 cm³/mol. The molecule has 8 nitrogen and oxygen atoms in total. The molecule has 0 atom stereocenters. The Labute approximate surface area is 125 Å². The van der Waals surface area contributed by atoms with Gasteiger partial charge in [-0.1, -0.05) is 6.07 Å². The van der Waals surface area contributed by atoms with Gasteiger partial charge in [-0.05, 0) is 12.1 Å². The number of aromatic hydroxyl groups is 2. The lowest BCUT2D eigenvalue weighted by atomic mass is 10.2. The molecular formula is C14H16N2O6. The van der Waals surface area contributed by atoms with E-state index < -0.39 is 4.92 Å². The molecule has 0 aliphatic rings. The third kappa shape index (κ3) is 4.62. The van der Waals surface area contributed by atoms with Crippen molar-refractivity contribution in [3.05, 3.63) is 57.6 Å². The number of nitro benzene ring substituents is 1. The van der Waals surface area contributed by atoms with E-state index in [9.17, 15) is 10.1 Å². The van der Waals surface area contributed by atoms with E-state index in [1.54, 1.807) is 12.1 Å². The summed E-state index contributed by atoms with van der Waals surface area (Å²) in [6.45, 7) is -0.490. The first-order valence-electron chi connectivity index (χ1n) is 6.14. The van der Waals surface area contributed by atoms with Crippen LogP contribution in [0.25, 0.3) is 0 Å². The molecule has 0 bridgehead atoms. The van der Waals surface area contributed by atoms with Crippen LogP contribution in [0, 0.1) is 10.1 Å². The Morgan fingerprint density at radius 1 is 0.955 bits per heavy atom. The monoisotopic (exact) mass is 308 g/mol. The molecule has 6 N–H and O–H groups in total. The van der Waals surface area contributed by atoms with Crippen LogP contribution >= 0.6 is 0 Å². The Balaban J connectivity index is 0.000000224. The number of nitro groups is 1. The number of phenols is 2. The number of non-ortho nitro benzene ring substituents is 1. The van der Waals surface area contributed by atoms with Crippen molar-refractivity contribution in [1.29, 1.82) is 0 Å². The minimum atomic E-state index is -0.610. The molecule has 0 radical (unpaired) electrons. The second-order valence-corrected chi connectivity index (χ2v) is 4.27. The lowest BCUT2D eigenvalue weighted by molar-refractivity contribution is -0.384. The zero-order valence-corrected chi connectivity index (χ0v) is 11.5. The molecule has 0 unspecified atom stereocenters. The molecule has 0 saturated carbocycles. The van der Waals surface area contributed by atoms with Gasteiger partial charge in [0.05, 0.1) is 24.2 Å². The number of nitrogens with zero attached hydrogens (tertiary/aromatic N) is 1. The van der Waals surface area contributed by atoms with Crippen LogP contribution < -0.4 is 5.73 Å². The number of nitrogen functional groups attached to an aromatic ring is 1. The molecule has 0 heterocycles. The first-order valence-corrected chi connectivity index (χ1v) is 6.14. The van der Waals surface area contributed by atoms with E-state index in [1.807, 2.05) is 0 Å². The van der Waals surface area contributed by atoms with Crippen LogP contribution in [0.2, 0.25) is 0 Å². The van der Waals surface area contributed by atoms with Crippen LogP contribution in [-0.2, 0) is 13.2 Å². The van der Waals surface area contributed by atoms with Crippen molar-refractivity contribution in [2.45, 2.75) is 13.2 Å². The molecular weight excluding hydrogens is 292 g/mol. The average Bonchev–Trinajstić information content (AvgIpc) is 2.48. The van der Waals surface area contributed by atoms with Gasteiger partial charge in [0, 0.05) is 28.9 Å². The summed E-state index contributed by atoms with van der Waals surface area (Å²) in [4.78, 5) is 9.57. The number of anilines is 1. The maximum Gasteiger partial charge on any atom is 0.273 e. The van der Waals surface area contributed by atoms with Crippen LogP contribution in [0.5, 0.6) is 11.5 Å². The Kier molecular flexibility index (Phi) is 6.11. The topological polar surface area (TPSA) is 150 Å². The summed E-state index contributed by atoms with van der Waals surface area (Å²) in [5, 5.41) is 45.5. The van der Waals surface area contributed by atoms with E-state index in [1.165, 1.54) is 18.2 Å². The third-order valence-corrected chi connectivity index (χ3v) is 2.73. The van der Waals surface area contributed by atoms with Crippen molar-refractivity contribution in [1.82, 2.24) is 0 Å². The van der Waals surface area contributed by atoms with E-state index in [4.69, 9.17) is 26.2 Å². The van der Waals surface area contributed by atoms with E-state index in [-0.39, 0.29) is 36.0 Å². The standard InChI is InChI=1S/C7H7NO4.C7H9NO2/c9-4-5-1-2-6(8(11)12)3-7(5)10;8-6-2-1-5(4-9)7(10)3-6/h1-3,9-10H,4H2;1-3,9-10H,4,8H2. The number of benzene rings is 2. The quantitative estimate of drug-likeness (QED) is 0.325. The predicted octanol–water partition coefficient (Wildman–Crippen LogP) is 1.26. The molecule has 118 valence electrons. The van der Waals surface area contributed by atoms with Crippen molar-refractivity contribution in [3.8, 4) is 11.5 Å². The summed E-state index contributed by atoms with van der Waals surface area (Å²) in [5.74, 6) is -0.214. The van der Waals surface area contributed by atoms with E-state index in [0.29, 0.717) is 11.3 Å². The van der Waals surface area contributed by atoms with E-state index in [0.717, 1.165) is 6.07 Å². The molecule has 0 saturated heterocycles. The Morgan fingerprint density at radius 2 is 1.45 bits per heavy atom. The number of nitrogens with two attached hydrogens (primary N) is 1. The molecule has 0 aliphatic carbocycles. The van der Waals surface area contributed by atoms with Crippen molar-refractivity contribution in [2.24, 2.45) is 0 Å². The summed E-state index contributed by atoms with van der Waals surface area (Å²) in [6.07, 6.45) is 0. The molecule has 2 rings (SSSR count). The van der Waals surface area contributed by atoms with Gasteiger partial charge in [0.25, 0.3) is 5.69 Å². The first-order chi connectivity index (χ1) is 10.4. The van der Waals surface area contributed by atoms with Crippen molar-refractivity contribution in [3.63, 3.8) is 0 Å². The summed E-state index contributed by atoms with van der Waals surface area (Å²) in [6, 6.07) is 8.17. The van der Waals surface area contributed by atoms with Gasteiger partial charge in [0.2, 0.25) is 0 Å². The fourth-order valence-corrected chi connectivity index (χ4v) is 1.51. The molecule has 0 amide bonds. The molecule has 2 aromatic rings. The highest BCUT2D eigenvalue weighted by atomic mass is 16.6. The number of rotatable bonds is 3. The highest BCUT2D eigenvalue weighted by Crippen LogP contribution is 2.23. The second-order valence-electron chi connectivity index (χ2n) is 4.27. The Morgan fingerprint density at radius 3 is 1.86 bits per heavy atom. The number of aliphatic hydroxyl groups excluding tert-OH is 2. The van der Waals surface area contributed by atoms with Crippen molar-refractivity contribution < 1.29 is 25.3 Å².